The van der Waals surface area contributed by atoms with Crippen LogP contribution in [0.4, 0.5) is 5.69 Å². The zero-order chi connectivity index (χ0) is 13.9. The Kier molecular flexibility index (Phi) is 3.42. The van der Waals surface area contributed by atoms with Gasteiger partial charge in [0.1, 0.15) is 19.3 Å². The highest BCUT2D eigenvalue weighted by Gasteiger charge is 2.24. The molecule has 2 heterocycles. The summed E-state index contributed by atoms with van der Waals surface area (Å²) < 4.78 is 10.9. The zero-order valence-corrected chi connectivity index (χ0v) is 10.8. The van der Waals surface area contributed by atoms with E-state index in [1.54, 1.807) is 18.2 Å². The van der Waals surface area contributed by atoms with Crippen LogP contribution in [0.2, 0.25) is 0 Å². The summed E-state index contributed by atoms with van der Waals surface area (Å²) in [5.74, 6) is 1.01. The fourth-order valence-electron chi connectivity index (χ4n) is 2.10. The molecular weight excluding hydrogens is 262 g/mol. The molecule has 1 saturated heterocycles. The molecule has 0 aliphatic carbocycles. The van der Waals surface area contributed by atoms with E-state index in [0.717, 1.165) is 0 Å². The average molecular weight is 277 g/mol. The summed E-state index contributed by atoms with van der Waals surface area (Å²) in [5.41, 5.74) is 0.637. The van der Waals surface area contributed by atoms with E-state index < -0.39 is 6.04 Å². The third kappa shape index (κ3) is 2.67. The van der Waals surface area contributed by atoms with Crippen molar-refractivity contribution >= 4 is 17.5 Å². The van der Waals surface area contributed by atoms with E-state index in [1.165, 1.54) is 0 Å². The van der Waals surface area contributed by atoms with Crippen molar-refractivity contribution in [2.24, 2.45) is 0 Å². The maximum atomic E-state index is 12.0. The molecule has 7 nitrogen and oxygen atoms in total. The van der Waals surface area contributed by atoms with Crippen molar-refractivity contribution in [2.45, 2.75) is 6.04 Å². The van der Waals surface area contributed by atoms with Gasteiger partial charge < -0.3 is 20.1 Å². The molecular formula is C13H15N3O4. The lowest BCUT2D eigenvalue weighted by Crippen LogP contribution is -2.56. The fourth-order valence-corrected chi connectivity index (χ4v) is 2.10. The van der Waals surface area contributed by atoms with Crippen LogP contribution in [0.15, 0.2) is 18.2 Å². The normalized spacial score (nSPS) is 21.0. The molecule has 0 radical (unpaired) electrons. The van der Waals surface area contributed by atoms with Crippen LogP contribution >= 0.6 is 0 Å². The van der Waals surface area contributed by atoms with Crippen LogP contribution in [-0.4, -0.2) is 44.2 Å². The Bertz CT molecular complexity index is 536. The predicted molar refractivity (Wildman–Crippen MR) is 70.9 cm³/mol. The number of anilines is 1. The fraction of sp³-hybridized carbons (Fsp3) is 0.385. The number of piperazine rings is 1. The Hall–Kier alpha value is -2.28. The number of fused-ring (bicyclic) bond motifs is 1. The molecule has 0 spiro atoms. The minimum absolute atomic E-state index is 0.103. The first-order chi connectivity index (χ1) is 9.72. The Morgan fingerprint density at radius 2 is 2.05 bits per heavy atom. The Balaban J connectivity index is 1.65. The van der Waals surface area contributed by atoms with Gasteiger partial charge >= 0.3 is 0 Å². The summed E-state index contributed by atoms with van der Waals surface area (Å²) in [6, 6.07) is 4.82. The molecule has 106 valence electrons. The Labute approximate surface area is 115 Å². The van der Waals surface area contributed by atoms with Gasteiger partial charge in [-0.15, -0.1) is 0 Å². The van der Waals surface area contributed by atoms with E-state index in [-0.39, 0.29) is 24.9 Å². The number of hydrogen-bond acceptors (Lipinski definition) is 5. The first-order valence-electron chi connectivity index (χ1n) is 6.43. The smallest absolute Gasteiger partial charge is 0.243 e. The Morgan fingerprint density at radius 1 is 1.25 bits per heavy atom. The van der Waals surface area contributed by atoms with Gasteiger partial charge in [-0.3, -0.25) is 14.9 Å². The molecule has 1 atom stereocenters. The molecule has 0 saturated carbocycles. The van der Waals surface area contributed by atoms with Crippen LogP contribution in [0.1, 0.15) is 0 Å². The predicted octanol–water partition coefficient (Wildman–Crippen LogP) is -0.516. The number of carbonyl (C=O) groups excluding carboxylic acids is 2. The minimum atomic E-state index is -0.430. The van der Waals surface area contributed by atoms with Crippen LogP contribution in [-0.2, 0) is 9.59 Å². The van der Waals surface area contributed by atoms with Crippen molar-refractivity contribution in [3.63, 3.8) is 0 Å². The molecule has 1 aromatic rings. The van der Waals surface area contributed by atoms with Crippen molar-refractivity contribution < 1.29 is 19.1 Å². The highest BCUT2D eigenvalue weighted by molar-refractivity contribution is 5.96. The number of rotatable bonds is 2. The largest absolute Gasteiger partial charge is 0.486 e. The van der Waals surface area contributed by atoms with Gasteiger partial charge in [-0.05, 0) is 12.1 Å². The van der Waals surface area contributed by atoms with Crippen molar-refractivity contribution in [2.75, 3.05) is 31.6 Å². The summed E-state index contributed by atoms with van der Waals surface area (Å²) in [6.45, 7) is 1.47. The summed E-state index contributed by atoms with van der Waals surface area (Å²) in [4.78, 5) is 23.1. The number of nitrogens with one attached hydrogen (secondary N) is 3. The second kappa shape index (κ2) is 5.38. The Morgan fingerprint density at radius 3 is 2.80 bits per heavy atom. The van der Waals surface area contributed by atoms with E-state index in [0.29, 0.717) is 30.4 Å². The van der Waals surface area contributed by atoms with E-state index in [9.17, 15) is 9.59 Å². The van der Waals surface area contributed by atoms with Crippen LogP contribution in [0.3, 0.4) is 0 Å². The third-order valence-corrected chi connectivity index (χ3v) is 3.14. The van der Waals surface area contributed by atoms with Gasteiger partial charge in [0, 0.05) is 18.3 Å². The summed E-state index contributed by atoms with van der Waals surface area (Å²) >= 11 is 0. The van der Waals surface area contributed by atoms with Crippen LogP contribution in [0.25, 0.3) is 0 Å². The summed E-state index contributed by atoms with van der Waals surface area (Å²) in [5, 5.41) is 8.30. The van der Waals surface area contributed by atoms with Crippen molar-refractivity contribution in [1.82, 2.24) is 10.6 Å². The van der Waals surface area contributed by atoms with Crippen LogP contribution in [0.5, 0.6) is 11.5 Å². The van der Waals surface area contributed by atoms with Gasteiger partial charge in [-0.2, -0.15) is 0 Å². The molecule has 2 aliphatic rings. The average Bonchev–Trinajstić information content (AvgIpc) is 2.48. The van der Waals surface area contributed by atoms with E-state index in [2.05, 4.69) is 16.0 Å². The summed E-state index contributed by atoms with van der Waals surface area (Å²) in [6.07, 6.45) is 0. The van der Waals surface area contributed by atoms with Gasteiger partial charge in [-0.1, -0.05) is 0 Å². The molecule has 2 amide bonds. The molecule has 0 aromatic heterocycles. The molecule has 7 heteroatoms. The molecule has 2 aliphatic heterocycles. The molecule has 3 N–H and O–H groups in total. The maximum Gasteiger partial charge on any atom is 0.243 e. The molecule has 3 rings (SSSR count). The first-order valence-corrected chi connectivity index (χ1v) is 6.43. The minimum Gasteiger partial charge on any atom is -0.486 e. The highest BCUT2D eigenvalue weighted by atomic mass is 16.6. The number of benzene rings is 1. The van der Waals surface area contributed by atoms with Gasteiger partial charge in [0.2, 0.25) is 11.8 Å². The SMILES string of the molecule is O=C1CNC(C(=O)Nc2ccc3c(c2)OCCO3)CN1. The standard InChI is InChI=1S/C13H15N3O4/c17-12-7-14-9(6-15-12)13(18)16-8-1-2-10-11(5-8)20-4-3-19-10/h1-2,5,9,14H,3-4,6-7H2,(H,15,17)(H,16,18). The third-order valence-electron chi connectivity index (χ3n) is 3.14. The molecule has 1 unspecified atom stereocenters. The van der Waals surface area contributed by atoms with Crippen molar-refractivity contribution in [3.05, 3.63) is 18.2 Å². The quantitative estimate of drug-likeness (QED) is 0.677. The van der Waals surface area contributed by atoms with Gasteiger partial charge in [0.25, 0.3) is 0 Å². The highest BCUT2D eigenvalue weighted by Crippen LogP contribution is 2.32. The monoisotopic (exact) mass is 277 g/mol. The molecule has 20 heavy (non-hydrogen) atoms. The lowest BCUT2D eigenvalue weighted by Gasteiger charge is -2.23. The first kappa shape index (κ1) is 12.7. The summed E-state index contributed by atoms with van der Waals surface area (Å²) in [7, 11) is 0. The maximum absolute atomic E-state index is 12.0. The zero-order valence-electron chi connectivity index (χ0n) is 10.8. The lowest BCUT2D eigenvalue weighted by atomic mass is 10.2. The topological polar surface area (TPSA) is 88.7 Å². The van der Waals surface area contributed by atoms with Crippen LogP contribution in [0, 0.1) is 0 Å². The molecule has 0 bridgehead atoms. The van der Waals surface area contributed by atoms with E-state index >= 15 is 0 Å². The van der Waals surface area contributed by atoms with Gasteiger partial charge in [0.05, 0.1) is 6.54 Å². The second-order valence-electron chi connectivity index (χ2n) is 4.59. The molecule has 1 fully saturated rings. The van der Waals surface area contributed by atoms with Crippen LogP contribution < -0.4 is 25.4 Å². The number of hydrogen-bond donors (Lipinski definition) is 3. The van der Waals surface area contributed by atoms with E-state index in [4.69, 9.17) is 9.47 Å². The van der Waals surface area contributed by atoms with E-state index in [1.807, 2.05) is 0 Å². The van der Waals surface area contributed by atoms with Crippen molar-refractivity contribution in [1.29, 1.82) is 0 Å². The van der Waals surface area contributed by atoms with Gasteiger partial charge in [-0.25, -0.2) is 0 Å². The van der Waals surface area contributed by atoms with Gasteiger partial charge in [0.15, 0.2) is 11.5 Å². The number of ether oxygens (including phenoxy) is 2. The molecule has 1 aromatic carbocycles. The number of amides is 2. The number of carbonyl (C=O) groups is 2. The second-order valence-corrected chi connectivity index (χ2v) is 4.59. The lowest BCUT2D eigenvalue weighted by molar-refractivity contribution is -0.124. The van der Waals surface area contributed by atoms with Crippen molar-refractivity contribution in [3.8, 4) is 11.5 Å².